The van der Waals surface area contributed by atoms with Crippen LogP contribution in [0.5, 0.6) is 0 Å². The second-order valence-corrected chi connectivity index (χ2v) is 8.74. The summed E-state index contributed by atoms with van der Waals surface area (Å²) in [4.78, 5) is 4.31. The molecule has 0 amide bonds. The number of sulfonamides is 1. The van der Waals surface area contributed by atoms with Crippen molar-refractivity contribution < 1.29 is 17.2 Å². The molecule has 6 nitrogen and oxygen atoms in total. The smallest absolute Gasteiger partial charge is 0.264 e. The fraction of sp³-hybridized carbons (Fsp3) is 0.556. The summed E-state index contributed by atoms with van der Waals surface area (Å²) in [6, 6.07) is 1.86. The van der Waals surface area contributed by atoms with Gasteiger partial charge in [-0.2, -0.15) is 13.9 Å². The maximum atomic E-state index is 13.3. The first kappa shape index (κ1) is 19.7. The molecule has 0 saturated heterocycles. The Kier molecular flexibility index (Phi) is 5.50. The Morgan fingerprint density at radius 2 is 2.07 bits per heavy atom. The number of hydrogen-bond donors (Lipinski definition) is 0. The molecule has 2 aromatic heterocycles. The van der Waals surface area contributed by atoms with Gasteiger partial charge in [-0.3, -0.25) is 9.29 Å². The molecule has 3 heterocycles. The molecular weight excluding hydrogens is 374 g/mol. The van der Waals surface area contributed by atoms with Crippen LogP contribution >= 0.6 is 0 Å². The van der Waals surface area contributed by atoms with E-state index in [0.29, 0.717) is 23.3 Å². The lowest BCUT2D eigenvalue weighted by atomic mass is 9.95. The number of aromatic nitrogens is 3. The highest BCUT2D eigenvalue weighted by atomic mass is 32.2. The third-order valence-corrected chi connectivity index (χ3v) is 6.82. The molecule has 1 aliphatic rings. The predicted molar refractivity (Wildman–Crippen MR) is 98.5 cm³/mol. The minimum atomic E-state index is -4.02. The van der Waals surface area contributed by atoms with E-state index in [2.05, 4.69) is 10.1 Å². The standard InChI is InChI=1S/C18H24F2N4O2S/c1-4-6-14-8-16-15(21-9-14)7-13(5-2)10-24(16)27(25,26)17-11-23(18(19)20)22-12(17)3/h8-9,11,13,18H,4-7,10H2,1-3H3. The number of hydrogen-bond acceptors (Lipinski definition) is 4. The van der Waals surface area contributed by atoms with Crippen LogP contribution in [-0.4, -0.2) is 29.7 Å². The Labute approximate surface area is 158 Å². The topological polar surface area (TPSA) is 68.1 Å². The molecule has 27 heavy (non-hydrogen) atoms. The number of fused-ring (bicyclic) bond motifs is 1. The van der Waals surface area contributed by atoms with E-state index in [1.807, 2.05) is 19.9 Å². The van der Waals surface area contributed by atoms with Gasteiger partial charge >= 0.3 is 6.55 Å². The van der Waals surface area contributed by atoms with Gasteiger partial charge in [-0.1, -0.05) is 26.7 Å². The largest absolute Gasteiger partial charge is 0.333 e. The van der Waals surface area contributed by atoms with Crippen LogP contribution in [0, 0.1) is 12.8 Å². The molecule has 1 unspecified atom stereocenters. The highest BCUT2D eigenvalue weighted by Gasteiger charge is 2.36. The number of anilines is 1. The van der Waals surface area contributed by atoms with Crippen LogP contribution < -0.4 is 4.31 Å². The molecule has 0 N–H and O–H groups in total. The third kappa shape index (κ3) is 3.69. The minimum absolute atomic E-state index is 0.0631. The summed E-state index contributed by atoms with van der Waals surface area (Å²) in [7, 11) is -4.02. The van der Waals surface area contributed by atoms with Crippen molar-refractivity contribution in [3.05, 3.63) is 35.4 Å². The molecule has 0 bridgehead atoms. The van der Waals surface area contributed by atoms with Gasteiger partial charge in [0.15, 0.2) is 0 Å². The van der Waals surface area contributed by atoms with Gasteiger partial charge in [-0.05, 0) is 37.3 Å². The molecule has 0 radical (unpaired) electrons. The second kappa shape index (κ2) is 7.53. The summed E-state index contributed by atoms with van der Waals surface area (Å²) < 4.78 is 54.3. The van der Waals surface area contributed by atoms with Gasteiger partial charge in [0.05, 0.1) is 23.3 Å². The molecule has 0 aliphatic carbocycles. The van der Waals surface area contributed by atoms with Crippen molar-refractivity contribution in [1.82, 2.24) is 14.8 Å². The molecular formula is C18H24F2N4O2S. The Balaban J connectivity index is 2.10. The van der Waals surface area contributed by atoms with Crippen molar-refractivity contribution in [3.8, 4) is 0 Å². The van der Waals surface area contributed by atoms with Gasteiger partial charge in [0.25, 0.3) is 10.0 Å². The zero-order valence-corrected chi connectivity index (χ0v) is 16.5. The normalized spacial score (nSPS) is 17.4. The zero-order chi connectivity index (χ0) is 19.8. The van der Waals surface area contributed by atoms with Gasteiger partial charge in [-0.15, -0.1) is 0 Å². The quantitative estimate of drug-likeness (QED) is 0.744. The monoisotopic (exact) mass is 398 g/mol. The predicted octanol–water partition coefficient (Wildman–Crippen LogP) is 3.71. The van der Waals surface area contributed by atoms with E-state index in [4.69, 9.17) is 0 Å². The Bertz CT molecular complexity index is 927. The molecule has 1 atom stereocenters. The van der Waals surface area contributed by atoms with Crippen molar-refractivity contribution >= 4 is 15.7 Å². The van der Waals surface area contributed by atoms with Gasteiger partial charge in [0.1, 0.15) is 4.90 Å². The number of aryl methyl sites for hydroxylation is 2. The molecule has 9 heteroatoms. The summed E-state index contributed by atoms with van der Waals surface area (Å²) in [5, 5.41) is 3.66. The molecule has 0 saturated carbocycles. The number of pyridine rings is 1. The van der Waals surface area contributed by atoms with Crippen molar-refractivity contribution in [2.24, 2.45) is 5.92 Å². The van der Waals surface area contributed by atoms with Crippen molar-refractivity contribution in [2.45, 2.75) is 57.9 Å². The number of rotatable bonds is 6. The number of alkyl halides is 2. The summed E-state index contributed by atoms with van der Waals surface area (Å²) >= 11 is 0. The van der Waals surface area contributed by atoms with Crippen LogP contribution in [0.25, 0.3) is 0 Å². The molecule has 148 valence electrons. The van der Waals surface area contributed by atoms with E-state index in [0.717, 1.165) is 36.7 Å². The lowest BCUT2D eigenvalue weighted by Crippen LogP contribution is -2.40. The maximum Gasteiger partial charge on any atom is 0.333 e. The van der Waals surface area contributed by atoms with Crippen LogP contribution in [0.3, 0.4) is 0 Å². The summed E-state index contributed by atoms with van der Waals surface area (Å²) in [5.41, 5.74) is 2.31. The van der Waals surface area contributed by atoms with E-state index in [1.165, 1.54) is 11.2 Å². The highest BCUT2D eigenvalue weighted by molar-refractivity contribution is 7.92. The van der Waals surface area contributed by atoms with Gasteiger partial charge in [0, 0.05) is 12.7 Å². The Hall–Kier alpha value is -2.03. The van der Waals surface area contributed by atoms with Crippen molar-refractivity contribution in [1.29, 1.82) is 0 Å². The van der Waals surface area contributed by atoms with E-state index in [9.17, 15) is 17.2 Å². The lowest BCUT2D eigenvalue weighted by molar-refractivity contribution is 0.0561. The summed E-state index contributed by atoms with van der Waals surface area (Å²) in [6.45, 7) is 2.90. The first-order valence-corrected chi connectivity index (χ1v) is 10.6. The summed E-state index contributed by atoms with van der Waals surface area (Å²) in [5.74, 6) is 0.127. The molecule has 0 spiro atoms. The fourth-order valence-electron chi connectivity index (χ4n) is 3.43. The van der Waals surface area contributed by atoms with E-state index in [1.54, 1.807) is 6.20 Å². The van der Waals surface area contributed by atoms with Gasteiger partial charge in [-0.25, -0.2) is 13.1 Å². The van der Waals surface area contributed by atoms with E-state index < -0.39 is 16.6 Å². The summed E-state index contributed by atoms with van der Waals surface area (Å²) in [6.07, 6.45) is 5.94. The van der Waals surface area contributed by atoms with E-state index in [-0.39, 0.29) is 16.5 Å². The molecule has 1 aliphatic heterocycles. The Morgan fingerprint density at radius 1 is 1.33 bits per heavy atom. The van der Waals surface area contributed by atoms with E-state index >= 15 is 0 Å². The van der Waals surface area contributed by atoms with Crippen LogP contribution in [0.4, 0.5) is 14.5 Å². The van der Waals surface area contributed by atoms with Crippen LogP contribution in [-0.2, 0) is 22.9 Å². The van der Waals surface area contributed by atoms with Crippen molar-refractivity contribution in [2.75, 3.05) is 10.8 Å². The first-order valence-electron chi connectivity index (χ1n) is 9.12. The zero-order valence-electron chi connectivity index (χ0n) is 15.7. The SMILES string of the molecule is CCCc1cnc2c(c1)N(S(=O)(=O)c1cn(C(F)F)nc1C)CC(CC)C2. The first-order chi connectivity index (χ1) is 12.8. The average molecular weight is 398 g/mol. The van der Waals surface area contributed by atoms with Crippen LogP contribution in [0.15, 0.2) is 23.4 Å². The van der Waals surface area contributed by atoms with Gasteiger partial charge in [0.2, 0.25) is 0 Å². The highest BCUT2D eigenvalue weighted by Crippen LogP contribution is 2.35. The minimum Gasteiger partial charge on any atom is -0.264 e. The third-order valence-electron chi connectivity index (χ3n) is 4.93. The van der Waals surface area contributed by atoms with Crippen molar-refractivity contribution in [3.63, 3.8) is 0 Å². The van der Waals surface area contributed by atoms with Gasteiger partial charge < -0.3 is 0 Å². The number of halogens is 2. The Morgan fingerprint density at radius 3 is 2.67 bits per heavy atom. The molecule has 2 aromatic rings. The van der Waals surface area contributed by atoms with Crippen LogP contribution in [0.1, 0.15) is 50.2 Å². The van der Waals surface area contributed by atoms with Crippen LogP contribution in [0.2, 0.25) is 0 Å². The average Bonchev–Trinajstić information content (AvgIpc) is 3.04. The fourth-order valence-corrected chi connectivity index (χ4v) is 5.15. The molecule has 0 fully saturated rings. The molecule has 3 rings (SSSR count). The molecule has 0 aromatic carbocycles. The second-order valence-electron chi connectivity index (χ2n) is 6.91. The number of nitrogens with zero attached hydrogens (tertiary/aromatic N) is 4. The lowest BCUT2D eigenvalue weighted by Gasteiger charge is -2.34. The maximum absolute atomic E-state index is 13.3.